The number of rotatable bonds is 8. The third kappa shape index (κ3) is 6.84. The monoisotopic (exact) mass is 607 g/mol. The molecule has 0 unspecified atom stereocenters. The van der Waals surface area contributed by atoms with Gasteiger partial charge >= 0.3 is 0 Å². The molecule has 7 nitrogen and oxygen atoms in total. The maximum Gasteiger partial charge on any atom is 0.251 e. The van der Waals surface area contributed by atoms with E-state index in [2.05, 4.69) is 22.0 Å². The third-order valence-corrected chi connectivity index (χ3v) is 8.40. The minimum Gasteiger partial charge on any atom is -0.348 e. The van der Waals surface area contributed by atoms with Crippen LogP contribution in [0, 0.1) is 11.6 Å². The highest BCUT2D eigenvalue weighted by atomic mass is 19.1. The summed E-state index contributed by atoms with van der Waals surface area (Å²) in [4.78, 5) is 38.8. The Labute approximate surface area is 261 Å². The highest BCUT2D eigenvalue weighted by Crippen LogP contribution is 2.41. The maximum absolute atomic E-state index is 14.1. The molecule has 9 heteroatoms. The summed E-state index contributed by atoms with van der Waals surface area (Å²) >= 11 is 0. The van der Waals surface area contributed by atoms with Gasteiger partial charge in [-0.15, -0.1) is 0 Å². The molecule has 0 saturated carbocycles. The van der Waals surface area contributed by atoms with E-state index in [1.165, 1.54) is 24.3 Å². The number of carbonyl (C=O) groups is 2. The van der Waals surface area contributed by atoms with Gasteiger partial charge in [-0.25, -0.2) is 13.8 Å². The molecule has 1 fully saturated rings. The van der Waals surface area contributed by atoms with Gasteiger partial charge in [-0.3, -0.25) is 14.5 Å². The fourth-order valence-electron chi connectivity index (χ4n) is 5.80. The molecule has 2 aliphatic rings. The van der Waals surface area contributed by atoms with Crippen molar-refractivity contribution in [3.05, 3.63) is 125 Å². The fourth-order valence-corrected chi connectivity index (χ4v) is 5.80. The second-order valence-electron chi connectivity index (χ2n) is 11.3. The Bertz CT molecular complexity index is 1710. The van der Waals surface area contributed by atoms with Gasteiger partial charge in [-0.2, -0.15) is 0 Å². The summed E-state index contributed by atoms with van der Waals surface area (Å²) in [6, 6.07) is 24.7. The van der Waals surface area contributed by atoms with Gasteiger partial charge in [0, 0.05) is 62.4 Å². The van der Waals surface area contributed by atoms with Crippen molar-refractivity contribution < 1.29 is 18.4 Å². The number of amides is 2. The van der Waals surface area contributed by atoms with Crippen molar-refractivity contribution in [2.75, 3.05) is 44.2 Å². The van der Waals surface area contributed by atoms with Crippen molar-refractivity contribution in [3.63, 3.8) is 0 Å². The number of hydrogen-bond acceptors (Lipinski definition) is 5. The molecular formula is C36H35F2N5O2. The first kappa shape index (κ1) is 30.3. The number of para-hydroxylation sites is 1. The van der Waals surface area contributed by atoms with Crippen molar-refractivity contribution in [2.45, 2.75) is 19.9 Å². The minimum atomic E-state index is -0.363. The minimum absolute atomic E-state index is 0.0781. The van der Waals surface area contributed by atoms with Gasteiger partial charge in [-0.05, 0) is 72.8 Å². The number of halogens is 2. The van der Waals surface area contributed by atoms with Gasteiger partial charge in [0.25, 0.3) is 5.91 Å². The topological polar surface area (TPSA) is 68.2 Å². The summed E-state index contributed by atoms with van der Waals surface area (Å²) in [5, 5.41) is 2.88. The van der Waals surface area contributed by atoms with Crippen LogP contribution in [-0.4, -0.2) is 66.6 Å². The summed E-state index contributed by atoms with van der Waals surface area (Å²) in [5.41, 5.74) is 4.80. The fraction of sp³-hybridized carbons (Fsp3) is 0.250. The molecule has 0 atom stereocenters. The van der Waals surface area contributed by atoms with Gasteiger partial charge in [0.2, 0.25) is 5.91 Å². The molecule has 2 aliphatic heterocycles. The zero-order chi connectivity index (χ0) is 31.3. The molecule has 0 bridgehead atoms. The van der Waals surface area contributed by atoms with Gasteiger partial charge < -0.3 is 15.1 Å². The second-order valence-corrected chi connectivity index (χ2v) is 11.3. The third-order valence-electron chi connectivity index (χ3n) is 8.40. The average Bonchev–Trinajstić information content (AvgIpc) is 3.22. The molecular weight excluding hydrogens is 572 g/mol. The van der Waals surface area contributed by atoms with Crippen LogP contribution in [0.4, 0.5) is 25.8 Å². The molecule has 6 rings (SSSR count). The maximum atomic E-state index is 14.1. The Hall–Kier alpha value is -4.73. The number of fused-ring (bicyclic) bond motifs is 2. The lowest BCUT2D eigenvalue weighted by atomic mass is 10.00. The highest BCUT2D eigenvalue weighted by Gasteiger charge is 2.29. The predicted octanol–water partition coefficient (Wildman–Crippen LogP) is 6.07. The van der Waals surface area contributed by atoms with Crippen LogP contribution in [0.3, 0.4) is 0 Å². The number of anilines is 2. The Morgan fingerprint density at radius 3 is 2.18 bits per heavy atom. The van der Waals surface area contributed by atoms with Crippen molar-refractivity contribution in [1.82, 2.24) is 15.1 Å². The van der Waals surface area contributed by atoms with E-state index in [1.54, 1.807) is 47.4 Å². The smallest absolute Gasteiger partial charge is 0.251 e. The van der Waals surface area contributed by atoms with E-state index in [4.69, 9.17) is 4.99 Å². The first-order chi connectivity index (χ1) is 21.9. The van der Waals surface area contributed by atoms with Gasteiger partial charge in [0.15, 0.2) is 0 Å². The Morgan fingerprint density at radius 2 is 1.47 bits per heavy atom. The average molecular weight is 608 g/mol. The number of aliphatic imine (C=N–C) groups is 1. The van der Waals surface area contributed by atoms with Crippen LogP contribution in [-0.2, 0) is 11.3 Å². The lowest BCUT2D eigenvalue weighted by Crippen LogP contribution is -2.47. The number of nitrogens with zero attached hydrogens (tertiary/aromatic N) is 4. The normalized spacial score (nSPS) is 15.1. The van der Waals surface area contributed by atoms with E-state index >= 15 is 0 Å². The lowest BCUT2D eigenvalue weighted by molar-refractivity contribution is -0.118. The molecule has 0 aromatic heterocycles. The molecule has 1 saturated heterocycles. The highest BCUT2D eigenvalue weighted by molar-refractivity contribution is 6.21. The van der Waals surface area contributed by atoms with E-state index in [-0.39, 0.29) is 30.0 Å². The molecule has 45 heavy (non-hydrogen) atoms. The first-order valence-corrected chi connectivity index (χ1v) is 15.3. The van der Waals surface area contributed by atoms with Crippen molar-refractivity contribution in [2.24, 2.45) is 4.99 Å². The molecule has 0 spiro atoms. The van der Waals surface area contributed by atoms with Gasteiger partial charge in [-0.1, -0.05) is 37.3 Å². The Morgan fingerprint density at radius 1 is 0.800 bits per heavy atom. The van der Waals surface area contributed by atoms with Crippen molar-refractivity contribution in [3.8, 4) is 0 Å². The van der Waals surface area contributed by atoms with Crippen molar-refractivity contribution >= 4 is 34.6 Å². The summed E-state index contributed by atoms with van der Waals surface area (Å²) in [5.74, 6) is -1.11. The van der Waals surface area contributed by atoms with E-state index in [0.717, 1.165) is 43.9 Å². The van der Waals surface area contributed by atoms with Crippen molar-refractivity contribution in [1.29, 1.82) is 0 Å². The largest absolute Gasteiger partial charge is 0.348 e. The molecule has 2 heterocycles. The molecule has 230 valence electrons. The van der Waals surface area contributed by atoms with Crippen LogP contribution in [0.15, 0.2) is 96.0 Å². The summed E-state index contributed by atoms with van der Waals surface area (Å²) in [7, 11) is 0. The Kier molecular flexibility index (Phi) is 9.09. The number of benzene rings is 4. The number of likely N-dealkylation sites (N-methyl/N-ethyl adjacent to an activating group) is 1. The molecule has 2 amide bonds. The van der Waals surface area contributed by atoms with Crippen LogP contribution in [0.25, 0.3) is 0 Å². The van der Waals surface area contributed by atoms with Crippen LogP contribution in [0.2, 0.25) is 0 Å². The van der Waals surface area contributed by atoms with Gasteiger partial charge in [0.05, 0.1) is 22.8 Å². The van der Waals surface area contributed by atoms with Crippen LogP contribution < -0.4 is 10.2 Å². The number of piperazine rings is 1. The number of hydrogen-bond donors (Lipinski definition) is 1. The van der Waals surface area contributed by atoms with E-state index in [0.29, 0.717) is 46.9 Å². The lowest BCUT2D eigenvalue weighted by Gasteiger charge is -2.34. The van der Waals surface area contributed by atoms with Crippen LogP contribution in [0.1, 0.15) is 40.4 Å². The Balaban J connectivity index is 1.34. The standard InChI is InChI=1S/C36H35F2N5O2/c1-2-41-19-21-42(22-20-41)18-17-34(44)43-32-6-4-3-5-30(32)35(26-9-14-29(38)15-10-26)40-31-23-27(11-16-33(31)43)36(45)39-24-25-7-12-28(37)13-8-25/h3-16,23H,2,17-22,24H2,1H3,(H,39,45). The van der Waals surface area contributed by atoms with Gasteiger partial charge in [0.1, 0.15) is 11.6 Å². The molecule has 0 aliphatic carbocycles. The summed E-state index contributed by atoms with van der Waals surface area (Å²) < 4.78 is 27.2. The quantitative estimate of drug-likeness (QED) is 0.264. The van der Waals surface area contributed by atoms with E-state index in [1.807, 2.05) is 24.3 Å². The van der Waals surface area contributed by atoms with E-state index in [9.17, 15) is 18.4 Å². The summed E-state index contributed by atoms with van der Waals surface area (Å²) in [6.07, 6.45) is 0.311. The number of nitrogens with one attached hydrogen (secondary N) is 1. The molecule has 1 N–H and O–H groups in total. The first-order valence-electron chi connectivity index (χ1n) is 15.3. The molecule has 4 aromatic carbocycles. The van der Waals surface area contributed by atoms with Crippen LogP contribution >= 0.6 is 0 Å². The zero-order valence-corrected chi connectivity index (χ0v) is 25.2. The number of carbonyl (C=O) groups excluding carboxylic acids is 2. The molecule has 0 radical (unpaired) electrons. The van der Waals surface area contributed by atoms with E-state index < -0.39 is 0 Å². The zero-order valence-electron chi connectivity index (χ0n) is 25.2. The molecule has 4 aromatic rings. The van der Waals surface area contributed by atoms with Crippen LogP contribution in [0.5, 0.6) is 0 Å². The predicted molar refractivity (Wildman–Crippen MR) is 172 cm³/mol. The SMILES string of the molecule is CCN1CCN(CCC(=O)N2c3ccc(C(=O)NCc4ccc(F)cc4)cc3N=C(c3ccc(F)cc3)c3ccccc32)CC1. The second kappa shape index (κ2) is 13.5. The summed E-state index contributed by atoms with van der Waals surface area (Å²) in [6.45, 7) is 7.86.